The lowest BCUT2D eigenvalue weighted by Crippen LogP contribution is -2.45. The second-order valence-electron chi connectivity index (χ2n) is 5.79. The fourth-order valence-corrected chi connectivity index (χ4v) is 2.20. The van der Waals surface area contributed by atoms with Gasteiger partial charge in [-0.2, -0.15) is 0 Å². The number of likely N-dealkylation sites (N-methyl/N-ethyl adjacent to an activating group) is 1. The fourth-order valence-electron chi connectivity index (χ4n) is 2.20. The quantitative estimate of drug-likeness (QED) is 0.613. The average Bonchev–Trinajstić information content (AvgIpc) is 2.31. The average molecular weight is 257 g/mol. The SMILES string of the molecule is CCCC(C)NCC(C)N(CCC)CCN(C)C. The first kappa shape index (κ1) is 17.9. The Morgan fingerprint density at radius 2 is 1.61 bits per heavy atom. The van der Waals surface area contributed by atoms with E-state index in [0.717, 1.165) is 13.1 Å². The summed E-state index contributed by atoms with van der Waals surface area (Å²) in [4.78, 5) is 4.87. The minimum atomic E-state index is 0.629. The van der Waals surface area contributed by atoms with Crippen LogP contribution in [0, 0.1) is 0 Å². The molecule has 0 aliphatic carbocycles. The zero-order chi connectivity index (χ0) is 14.0. The van der Waals surface area contributed by atoms with Gasteiger partial charge in [-0.05, 0) is 47.3 Å². The molecule has 0 aromatic carbocycles. The summed E-state index contributed by atoms with van der Waals surface area (Å²) in [6.07, 6.45) is 3.78. The van der Waals surface area contributed by atoms with Crippen LogP contribution in [0.2, 0.25) is 0 Å². The van der Waals surface area contributed by atoms with Crippen LogP contribution < -0.4 is 5.32 Å². The van der Waals surface area contributed by atoms with Crippen molar-refractivity contribution in [3.63, 3.8) is 0 Å². The summed E-state index contributed by atoms with van der Waals surface area (Å²) in [5.74, 6) is 0. The standard InChI is InChI=1S/C15H35N3/c1-7-9-14(3)16-13-15(4)18(10-8-2)12-11-17(5)6/h14-16H,7-13H2,1-6H3. The lowest BCUT2D eigenvalue weighted by molar-refractivity contribution is 0.182. The van der Waals surface area contributed by atoms with E-state index in [9.17, 15) is 0 Å². The maximum atomic E-state index is 3.65. The molecule has 1 N–H and O–H groups in total. The van der Waals surface area contributed by atoms with E-state index < -0.39 is 0 Å². The van der Waals surface area contributed by atoms with Gasteiger partial charge in [-0.3, -0.25) is 4.90 Å². The van der Waals surface area contributed by atoms with E-state index in [1.54, 1.807) is 0 Å². The van der Waals surface area contributed by atoms with Crippen LogP contribution in [0.4, 0.5) is 0 Å². The van der Waals surface area contributed by atoms with Gasteiger partial charge < -0.3 is 10.2 Å². The van der Waals surface area contributed by atoms with Gasteiger partial charge in [0.05, 0.1) is 0 Å². The molecular formula is C15H35N3. The molecule has 0 rings (SSSR count). The van der Waals surface area contributed by atoms with E-state index in [1.807, 2.05) is 0 Å². The van der Waals surface area contributed by atoms with Gasteiger partial charge in [0, 0.05) is 31.7 Å². The fraction of sp³-hybridized carbons (Fsp3) is 1.00. The molecule has 0 spiro atoms. The molecule has 0 saturated heterocycles. The van der Waals surface area contributed by atoms with Gasteiger partial charge in [0.15, 0.2) is 0 Å². The van der Waals surface area contributed by atoms with Crippen LogP contribution in [-0.2, 0) is 0 Å². The Labute approximate surface area is 115 Å². The summed E-state index contributed by atoms with van der Waals surface area (Å²) in [5, 5.41) is 3.65. The van der Waals surface area contributed by atoms with Crippen molar-refractivity contribution in [2.75, 3.05) is 40.3 Å². The smallest absolute Gasteiger partial charge is 0.0192 e. The first-order valence-corrected chi connectivity index (χ1v) is 7.63. The predicted octanol–water partition coefficient (Wildman–Crippen LogP) is 2.43. The summed E-state index contributed by atoms with van der Waals surface area (Å²) in [7, 11) is 4.30. The van der Waals surface area contributed by atoms with Crippen molar-refractivity contribution in [3.8, 4) is 0 Å². The van der Waals surface area contributed by atoms with Crippen molar-refractivity contribution in [3.05, 3.63) is 0 Å². The molecule has 0 aromatic heterocycles. The van der Waals surface area contributed by atoms with Crippen LogP contribution >= 0.6 is 0 Å². The van der Waals surface area contributed by atoms with Crippen LogP contribution in [0.25, 0.3) is 0 Å². The highest BCUT2D eigenvalue weighted by atomic mass is 15.2. The van der Waals surface area contributed by atoms with Crippen molar-refractivity contribution in [1.29, 1.82) is 0 Å². The molecule has 0 aliphatic heterocycles. The third-order valence-electron chi connectivity index (χ3n) is 3.45. The Balaban J connectivity index is 4.00. The highest BCUT2D eigenvalue weighted by Crippen LogP contribution is 2.02. The molecule has 0 heterocycles. The molecule has 0 aliphatic rings. The van der Waals surface area contributed by atoms with Gasteiger partial charge in [0.1, 0.15) is 0 Å². The van der Waals surface area contributed by atoms with E-state index in [-0.39, 0.29) is 0 Å². The van der Waals surface area contributed by atoms with E-state index >= 15 is 0 Å². The largest absolute Gasteiger partial charge is 0.313 e. The first-order chi connectivity index (χ1) is 8.51. The Bertz CT molecular complexity index is 183. The van der Waals surface area contributed by atoms with E-state index in [4.69, 9.17) is 0 Å². The van der Waals surface area contributed by atoms with Gasteiger partial charge in [-0.25, -0.2) is 0 Å². The first-order valence-electron chi connectivity index (χ1n) is 7.63. The molecule has 110 valence electrons. The third-order valence-corrected chi connectivity index (χ3v) is 3.45. The van der Waals surface area contributed by atoms with Crippen LogP contribution in [0.3, 0.4) is 0 Å². The van der Waals surface area contributed by atoms with Gasteiger partial charge in [-0.1, -0.05) is 20.3 Å². The zero-order valence-electron chi connectivity index (χ0n) is 13.5. The molecule has 3 nitrogen and oxygen atoms in total. The summed E-state index contributed by atoms with van der Waals surface area (Å²) >= 11 is 0. The normalized spacial score (nSPS) is 15.3. The van der Waals surface area contributed by atoms with Crippen LogP contribution in [-0.4, -0.2) is 62.2 Å². The van der Waals surface area contributed by atoms with Crippen molar-refractivity contribution < 1.29 is 0 Å². The number of hydrogen-bond donors (Lipinski definition) is 1. The van der Waals surface area contributed by atoms with Gasteiger partial charge in [0.2, 0.25) is 0 Å². The summed E-state index contributed by atoms with van der Waals surface area (Å²) in [6, 6.07) is 1.28. The van der Waals surface area contributed by atoms with Gasteiger partial charge in [0.25, 0.3) is 0 Å². The molecule has 0 radical (unpaired) electrons. The zero-order valence-corrected chi connectivity index (χ0v) is 13.5. The molecule has 0 aromatic rings. The highest BCUT2D eigenvalue weighted by Gasteiger charge is 2.13. The monoisotopic (exact) mass is 257 g/mol. The molecule has 0 amide bonds. The van der Waals surface area contributed by atoms with Crippen molar-refractivity contribution in [2.45, 2.75) is 59.0 Å². The third kappa shape index (κ3) is 8.90. The molecule has 0 fully saturated rings. The van der Waals surface area contributed by atoms with Crippen LogP contribution in [0.1, 0.15) is 47.0 Å². The number of rotatable bonds is 11. The van der Waals surface area contributed by atoms with Crippen molar-refractivity contribution in [2.24, 2.45) is 0 Å². The summed E-state index contributed by atoms with van der Waals surface area (Å²) < 4.78 is 0. The summed E-state index contributed by atoms with van der Waals surface area (Å²) in [6.45, 7) is 13.8. The maximum Gasteiger partial charge on any atom is 0.0192 e. The molecule has 2 unspecified atom stereocenters. The van der Waals surface area contributed by atoms with Crippen molar-refractivity contribution >= 4 is 0 Å². The minimum absolute atomic E-state index is 0.629. The second kappa shape index (κ2) is 10.8. The highest BCUT2D eigenvalue weighted by molar-refractivity contribution is 4.72. The molecule has 0 saturated carbocycles. The molecule has 2 atom stereocenters. The van der Waals surface area contributed by atoms with Gasteiger partial charge in [-0.15, -0.1) is 0 Å². The number of nitrogens with zero attached hydrogens (tertiary/aromatic N) is 2. The Kier molecular flexibility index (Phi) is 10.7. The van der Waals surface area contributed by atoms with E-state index in [0.29, 0.717) is 12.1 Å². The number of nitrogens with one attached hydrogen (secondary N) is 1. The lowest BCUT2D eigenvalue weighted by atomic mass is 10.2. The van der Waals surface area contributed by atoms with Crippen molar-refractivity contribution in [1.82, 2.24) is 15.1 Å². The molecular weight excluding hydrogens is 222 g/mol. The van der Waals surface area contributed by atoms with Gasteiger partial charge >= 0.3 is 0 Å². The molecule has 18 heavy (non-hydrogen) atoms. The van der Waals surface area contributed by atoms with E-state index in [1.165, 1.54) is 32.4 Å². The predicted molar refractivity (Wildman–Crippen MR) is 82.3 cm³/mol. The molecule has 3 heteroatoms. The lowest BCUT2D eigenvalue weighted by Gasteiger charge is -2.31. The van der Waals surface area contributed by atoms with Crippen LogP contribution in [0.5, 0.6) is 0 Å². The Morgan fingerprint density at radius 3 is 2.11 bits per heavy atom. The Hall–Kier alpha value is -0.120. The minimum Gasteiger partial charge on any atom is -0.313 e. The topological polar surface area (TPSA) is 18.5 Å². The van der Waals surface area contributed by atoms with E-state index in [2.05, 4.69) is 56.9 Å². The second-order valence-corrected chi connectivity index (χ2v) is 5.79. The Morgan fingerprint density at radius 1 is 0.944 bits per heavy atom. The summed E-state index contributed by atoms with van der Waals surface area (Å²) in [5.41, 5.74) is 0. The molecule has 0 bridgehead atoms. The number of hydrogen-bond acceptors (Lipinski definition) is 3. The maximum absolute atomic E-state index is 3.65. The van der Waals surface area contributed by atoms with Crippen LogP contribution in [0.15, 0.2) is 0 Å².